The Kier molecular flexibility index (Phi) is 3.92. The monoisotopic (exact) mass is 280 g/mol. The Morgan fingerprint density at radius 3 is 2.68 bits per heavy atom. The van der Waals surface area contributed by atoms with Gasteiger partial charge in [-0.1, -0.05) is 12.1 Å². The van der Waals surface area contributed by atoms with Gasteiger partial charge in [-0.2, -0.15) is 0 Å². The van der Waals surface area contributed by atoms with Crippen molar-refractivity contribution in [2.24, 2.45) is 0 Å². The first-order valence-corrected chi connectivity index (χ1v) is 7.38. The van der Waals surface area contributed by atoms with Crippen LogP contribution in [0.1, 0.15) is 11.1 Å². The molecule has 2 N–H and O–H groups in total. The van der Waals surface area contributed by atoms with Crippen molar-refractivity contribution in [2.45, 2.75) is 12.3 Å². The molecular formula is C13H16N2O3S. The second-order valence-corrected chi connectivity index (χ2v) is 6.46. The second-order valence-electron chi connectivity index (χ2n) is 4.39. The van der Waals surface area contributed by atoms with Gasteiger partial charge in [0, 0.05) is 24.8 Å². The lowest BCUT2D eigenvalue weighted by atomic mass is 10.2. The third kappa shape index (κ3) is 3.59. The minimum atomic E-state index is -3.37. The summed E-state index contributed by atoms with van der Waals surface area (Å²) >= 11 is 0. The van der Waals surface area contributed by atoms with Crippen molar-refractivity contribution in [1.82, 2.24) is 4.31 Å². The highest BCUT2D eigenvalue weighted by Gasteiger charge is 2.19. The highest BCUT2D eigenvalue weighted by molar-refractivity contribution is 7.88. The highest BCUT2D eigenvalue weighted by Crippen LogP contribution is 2.15. The molecule has 2 rings (SSSR count). The summed E-state index contributed by atoms with van der Waals surface area (Å²) in [6, 6.07) is 8.64. The molecule has 1 aromatic heterocycles. The van der Waals surface area contributed by atoms with Gasteiger partial charge in [-0.25, -0.2) is 12.7 Å². The van der Waals surface area contributed by atoms with Crippen LogP contribution in [0.5, 0.6) is 0 Å². The Balaban J connectivity index is 2.09. The average Bonchev–Trinajstić information content (AvgIpc) is 2.81. The fraction of sp³-hybridized carbons (Fsp3) is 0.231. The number of nitrogen functional groups attached to an aromatic ring is 1. The van der Waals surface area contributed by atoms with Gasteiger partial charge >= 0.3 is 0 Å². The summed E-state index contributed by atoms with van der Waals surface area (Å²) in [5.74, 6) is -0.0631. The minimum Gasteiger partial charge on any atom is -0.472 e. The molecule has 0 saturated carbocycles. The van der Waals surface area contributed by atoms with Crippen LogP contribution in [0.4, 0.5) is 5.69 Å². The van der Waals surface area contributed by atoms with E-state index < -0.39 is 10.0 Å². The van der Waals surface area contributed by atoms with Gasteiger partial charge in [-0.3, -0.25) is 0 Å². The number of anilines is 1. The quantitative estimate of drug-likeness (QED) is 0.848. The van der Waals surface area contributed by atoms with E-state index in [9.17, 15) is 8.42 Å². The van der Waals surface area contributed by atoms with Gasteiger partial charge in [-0.15, -0.1) is 0 Å². The molecule has 0 unspecified atom stereocenters. The first kappa shape index (κ1) is 13.6. The normalized spacial score (nSPS) is 11.9. The molecule has 0 aliphatic rings. The lowest BCUT2D eigenvalue weighted by Gasteiger charge is -2.16. The fourth-order valence-corrected chi connectivity index (χ4v) is 2.91. The summed E-state index contributed by atoms with van der Waals surface area (Å²) in [7, 11) is -1.82. The number of furan rings is 1. The van der Waals surface area contributed by atoms with Crippen molar-refractivity contribution >= 4 is 15.7 Å². The van der Waals surface area contributed by atoms with Crippen LogP contribution < -0.4 is 5.73 Å². The van der Waals surface area contributed by atoms with Gasteiger partial charge in [0.15, 0.2) is 0 Å². The van der Waals surface area contributed by atoms with E-state index in [2.05, 4.69) is 0 Å². The van der Waals surface area contributed by atoms with Crippen molar-refractivity contribution in [3.63, 3.8) is 0 Å². The number of rotatable bonds is 5. The van der Waals surface area contributed by atoms with E-state index in [4.69, 9.17) is 10.2 Å². The molecule has 1 heterocycles. The van der Waals surface area contributed by atoms with E-state index in [1.165, 1.54) is 16.8 Å². The first-order chi connectivity index (χ1) is 8.97. The molecule has 5 nitrogen and oxygen atoms in total. The van der Waals surface area contributed by atoms with Crippen molar-refractivity contribution in [3.8, 4) is 0 Å². The molecule has 0 bridgehead atoms. The molecule has 0 amide bonds. The average molecular weight is 280 g/mol. The van der Waals surface area contributed by atoms with Crippen LogP contribution in [-0.2, 0) is 22.3 Å². The standard InChI is InChI=1S/C13H16N2O3S/c1-15(8-12-5-6-18-9-12)19(16,17)10-11-3-2-4-13(14)7-11/h2-7,9H,8,10,14H2,1H3. The van der Waals surface area contributed by atoms with Crippen LogP contribution in [0.2, 0.25) is 0 Å². The molecule has 0 aliphatic heterocycles. The van der Waals surface area contributed by atoms with Crippen LogP contribution in [0.15, 0.2) is 47.3 Å². The smallest absolute Gasteiger partial charge is 0.218 e. The van der Waals surface area contributed by atoms with E-state index >= 15 is 0 Å². The first-order valence-electron chi connectivity index (χ1n) is 5.77. The number of hydrogen-bond donors (Lipinski definition) is 1. The Morgan fingerprint density at radius 1 is 1.26 bits per heavy atom. The molecule has 0 aliphatic carbocycles. The van der Waals surface area contributed by atoms with Crippen LogP contribution in [0.25, 0.3) is 0 Å². The molecule has 0 spiro atoms. The van der Waals surface area contributed by atoms with Crippen LogP contribution in [-0.4, -0.2) is 19.8 Å². The lowest BCUT2D eigenvalue weighted by Crippen LogP contribution is -2.27. The molecule has 0 saturated heterocycles. The summed E-state index contributed by atoms with van der Waals surface area (Å²) in [6.45, 7) is 0.293. The molecular weight excluding hydrogens is 264 g/mol. The van der Waals surface area contributed by atoms with E-state index in [0.717, 1.165) is 5.56 Å². The maximum Gasteiger partial charge on any atom is 0.218 e. The van der Waals surface area contributed by atoms with Crippen LogP contribution in [0.3, 0.4) is 0 Å². The van der Waals surface area contributed by atoms with E-state index in [1.54, 1.807) is 37.4 Å². The third-order valence-electron chi connectivity index (χ3n) is 2.76. The van der Waals surface area contributed by atoms with Gasteiger partial charge in [0.25, 0.3) is 0 Å². The topological polar surface area (TPSA) is 76.5 Å². The number of nitrogens with zero attached hydrogens (tertiary/aromatic N) is 1. The molecule has 0 atom stereocenters. The van der Waals surface area contributed by atoms with Gasteiger partial charge < -0.3 is 10.2 Å². The Bertz CT molecular complexity index is 636. The van der Waals surface area contributed by atoms with Gasteiger partial charge in [0.1, 0.15) is 0 Å². The van der Waals surface area contributed by atoms with Gasteiger partial charge in [0.2, 0.25) is 10.0 Å². The van der Waals surface area contributed by atoms with E-state index in [1.807, 2.05) is 0 Å². The summed E-state index contributed by atoms with van der Waals surface area (Å²) in [5.41, 5.74) is 7.70. The summed E-state index contributed by atoms with van der Waals surface area (Å²) < 4.78 is 30.6. The number of sulfonamides is 1. The lowest BCUT2D eigenvalue weighted by molar-refractivity contribution is 0.462. The largest absolute Gasteiger partial charge is 0.472 e. The third-order valence-corrected chi connectivity index (χ3v) is 4.54. The Labute approximate surface area is 112 Å². The SMILES string of the molecule is CN(Cc1ccoc1)S(=O)(=O)Cc1cccc(N)c1. The zero-order chi connectivity index (χ0) is 13.9. The Hall–Kier alpha value is -1.79. The number of hydrogen-bond acceptors (Lipinski definition) is 4. The molecule has 19 heavy (non-hydrogen) atoms. The van der Waals surface area contributed by atoms with Crippen molar-refractivity contribution < 1.29 is 12.8 Å². The summed E-state index contributed by atoms with van der Waals surface area (Å²) in [5, 5.41) is 0. The van der Waals surface area contributed by atoms with Crippen molar-refractivity contribution in [3.05, 3.63) is 54.0 Å². The molecule has 6 heteroatoms. The molecule has 1 aromatic carbocycles. The Morgan fingerprint density at radius 2 is 2.05 bits per heavy atom. The number of benzene rings is 1. The zero-order valence-electron chi connectivity index (χ0n) is 10.6. The number of nitrogens with two attached hydrogens (primary N) is 1. The van der Waals surface area contributed by atoms with E-state index in [-0.39, 0.29) is 5.75 Å². The highest BCUT2D eigenvalue weighted by atomic mass is 32.2. The zero-order valence-corrected chi connectivity index (χ0v) is 11.4. The fourth-order valence-electron chi connectivity index (χ4n) is 1.74. The predicted octanol–water partition coefficient (Wildman–Crippen LogP) is 1.82. The molecule has 102 valence electrons. The second kappa shape index (κ2) is 5.46. The molecule has 2 aromatic rings. The van der Waals surface area contributed by atoms with Crippen LogP contribution >= 0.6 is 0 Å². The molecule has 0 fully saturated rings. The predicted molar refractivity (Wildman–Crippen MR) is 73.7 cm³/mol. The summed E-state index contributed by atoms with van der Waals surface area (Å²) in [6.07, 6.45) is 3.06. The molecule has 0 radical (unpaired) electrons. The minimum absolute atomic E-state index is 0.0631. The van der Waals surface area contributed by atoms with Crippen LogP contribution in [0, 0.1) is 0 Å². The maximum atomic E-state index is 12.2. The summed E-state index contributed by atoms with van der Waals surface area (Å²) in [4.78, 5) is 0. The maximum absolute atomic E-state index is 12.2. The van der Waals surface area contributed by atoms with Crippen molar-refractivity contribution in [2.75, 3.05) is 12.8 Å². The van der Waals surface area contributed by atoms with Crippen molar-refractivity contribution in [1.29, 1.82) is 0 Å². The van der Waals surface area contributed by atoms with Gasteiger partial charge in [-0.05, 0) is 23.8 Å². The van der Waals surface area contributed by atoms with E-state index in [0.29, 0.717) is 17.8 Å². The van der Waals surface area contributed by atoms with Gasteiger partial charge in [0.05, 0.1) is 18.3 Å².